The number of rotatable bonds is 3. The average molecular weight is 302 g/mol. The minimum Gasteiger partial charge on any atom is -0.492 e. The summed E-state index contributed by atoms with van der Waals surface area (Å²) < 4.78 is 19.5. The van der Waals surface area contributed by atoms with E-state index in [-0.39, 0.29) is 17.0 Å². The minimum atomic E-state index is -0.323. The van der Waals surface area contributed by atoms with Crippen LogP contribution in [0.2, 0.25) is 0 Å². The van der Waals surface area contributed by atoms with Gasteiger partial charge in [0.15, 0.2) is 11.6 Å². The SMILES string of the molecule is COc1c(F)cc(C2(CN)CCCC2)cc1Br. The smallest absolute Gasteiger partial charge is 0.168 e. The molecule has 94 valence electrons. The predicted molar refractivity (Wildman–Crippen MR) is 69.9 cm³/mol. The Kier molecular flexibility index (Phi) is 3.73. The van der Waals surface area contributed by atoms with Crippen LogP contribution in [0.3, 0.4) is 0 Å². The molecule has 0 amide bonds. The van der Waals surface area contributed by atoms with Crippen LogP contribution in [0.1, 0.15) is 31.2 Å². The first-order valence-corrected chi connectivity index (χ1v) is 6.66. The van der Waals surface area contributed by atoms with Crippen LogP contribution < -0.4 is 10.5 Å². The van der Waals surface area contributed by atoms with E-state index in [1.54, 1.807) is 6.07 Å². The summed E-state index contributed by atoms with van der Waals surface area (Å²) in [5.41, 5.74) is 6.85. The number of methoxy groups -OCH3 is 1. The van der Waals surface area contributed by atoms with Crippen LogP contribution in [0, 0.1) is 5.82 Å². The van der Waals surface area contributed by atoms with Crippen molar-refractivity contribution in [2.45, 2.75) is 31.1 Å². The zero-order valence-corrected chi connectivity index (χ0v) is 11.5. The standard InChI is InChI=1S/C13H17BrFNO/c1-17-12-10(14)6-9(7-11(12)15)13(8-16)4-2-3-5-13/h6-7H,2-5,8,16H2,1H3. The highest BCUT2D eigenvalue weighted by Gasteiger charge is 2.35. The molecule has 1 saturated carbocycles. The van der Waals surface area contributed by atoms with Gasteiger partial charge in [0.05, 0.1) is 11.6 Å². The van der Waals surface area contributed by atoms with Crippen molar-refractivity contribution in [3.05, 3.63) is 28.0 Å². The highest BCUT2D eigenvalue weighted by atomic mass is 79.9. The zero-order chi connectivity index (χ0) is 12.5. The van der Waals surface area contributed by atoms with Crippen molar-refractivity contribution in [1.82, 2.24) is 0 Å². The predicted octanol–water partition coefficient (Wildman–Crippen LogP) is 3.37. The Bertz CT molecular complexity index is 393. The van der Waals surface area contributed by atoms with E-state index in [2.05, 4.69) is 15.9 Å². The van der Waals surface area contributed by atoms with Gasteiger partial charge in [-0.05, 0) is 46.5 Å². The molecule has 0 bridgehead atoms. The summed E-state index contributed by atoms with van der Waals surface area (Å²) in [5.74, 6) is -0.0597. The molecule has 0 unspecified atom stereocenters. The number of halogens is 2. The maximum atomic E-state index is 13.9. The maximum absolute atomic E-state index is 13.9. The fourth-order valence-electron chi connectivity index (χ4n) is 2.72. The number of hydrogen-bond donors (Lipinski definition) is 1. The lowest BCUT2D eigenvalue weighted by Crippen LogP contribution is -2.32. The Hall–Kier alpha value is -0.610. The summed E-state index contributed by atoms with van der Waals surface area (Å²) in [6.45, 7) is 0.575. The average Bonchev–Trinajstić information content (AvgIpc) is 2.78. The van der Waals surface area contributed by atoms with Gasteiger partial charge in [-0.1, -0.05) is 12.8 Å². The van der Waals surface area contributed by atoms with Crippen molar-refractivity contribution in [3.8, 4) is 5.75 Å². The highest BCUT2D eigenvalue weighted by Crippen LogP contribution is 2.43. The molecule has 0 heterocycles. The van der Waals surface area contributed by atoms with Crippen molar-refractivity contribution >= 4 is 15.9 Å². The van der Waals surface area contributed by atoms with Gasteiger partial charge in [0.25, 0.3) is 0 Å². The number of hydrogen-bond acceptors (Lipinski definition) is 2. The van der Waals surface area contributed by atoms with E-state index >= 15 is 0 Å². The van der Waals surface area contributed by atoms with Crippen molar-refractivity contribution in [3.63, 3.8) is 0 Å². The van der Waals surface area contributed by atoms with E-state index in [9.17, 15) is 4.39 Å². The molecule has 1 aliphatic carbocycles. The fourth-order valence-corrected chi connectivity index (χ4v) is 3.32. The molecule has 4 heteroatoms. The quantitative estimate of drug-likeness (QED) is 0.929. The van der Waals surface area contributed by atoms with Crippen LogP contribution in [0.25, 0.3) is 0 Å². The van der Waals surface area contributed by atoms with Gasteiger partial charge in [0, 0.05) is 12.0 Å². The van der Waals surface area contributed by atoms with Gasteiger partial charge in [0.1, 0.15) is 0 Å². The van der Waals surface area contributed by atoms with Crippen molar-refractivity contribution in [2.24, 2.45) is 5.73 Å². The number of ether oxygens (including phenoxy) is 1. The third-order valence-electron chi connectivity index (χ3n) is 3.77. The molecule has 0 radical (unpaired) electrons. The Balaban J connectivity index is 2.45. The van der Waals surface area contributed by atoms with Gasteiger partial charge in [0.2, 0.25) is 0 Å². The molecule has 0 atom stereocenters. The molecule has 0 saturated heterocycles. The molecule has 2 rings (SSSR count). The summed E-state index contributed by atoms with van der Waals surface area (Å²) in [6.07, 6.45) is 4.42. The molecule has 0 aliphatic heterocycles. The van der Waals surface area contributed by atoms with E-state index in [0.717, 1.165) is 18.4 Å². The lowest BCUT2D eigenvalue weighted by atomic mass is 9.79. The lowest BCUT2D eigenvalue weighted by molar-refractivity contribution is 0.380. The van der Waals surface area contributed by atoms with Crippen LogP contribution in [-0.2, 0) is 5.41 Å². The molecule has 1 aliphatic rings. The molecular formula is C13H17BrFNO. The molecule has 0 aromatic heterocycles. The molecule has 17 heavy (non-hydrogen) atoms. The first-order valence-electron chi connectivity index (χ1n) is 5.86. The Morgan fingerprint density at radius 3 is 2.53 bits per heavy atom. The van der Waals surface area contributed by atoms with Crippen molar-refractivity contribution in [2.75, 3.05) is 13.7 Å². The van der Waals surface area contributed by atoms with E-state index in [0.29, 0.717) is 11.0 Å². The zero-order valence-electron chi connectivity index (χ0n) is 9.93. The van der Waals surface area contributed by atoms with Crippen LogP contribution in [0.5, 0.6) is 5.75 Å². The Morgan fingerprint density at radius 2 is 2.06 bits per heavy atom. The summed E-state index contributed by atoms with van der Waals surface area (Å²) in [5, 5.41) is 0. The van der Waals surface area contributed by atoms with Gasteiger partial charge in [-0.15, -0.1) is 0 Å². The van der Waals surface area contributed by atoms with Crippen LogP contribution >= 0.6 is 15.9 Å². The second kappa shape index (κ2) is 4.94. The lowest BCUT2D eigenvalue weighted by Gasteiger charge is -2.28. The second-order valence-electron chi connectivity index (χ2n) is 4.66. The number of benzene rings is 1. The molecule has 1 aromatic rings. The van der Waals surface area contributed by atoms with Crippen LogP contribution in [0.15, 0.2) is 16.6 Å². The van der Waals surface area contributed by atoms with Crippen molar-refractivity contribution < 1.29 is 9.13 Å². The molecule has 2 nitrogen and oxygen atoms in total. The summed E-state index contributed by atoms with van der Waals surface area (Å²) >= 11 is 3.35. The molecule has 0 spiro atoms. The summed E-state index contributed by atoms with van der Waals surface area (Å²) in [6, 6.07) is 3.52. The Morgan fingerprint density at radius 1 is 1.41 bits per heavy atom. The maximum Gasteiger partial charge on any atom is 0.168 e. The van der Waals surface area contributed by atoms with Crippen LogP contribution in [0.4, 0.5) is 4.39 Å². The van der Waals surface area contributed by atoms with E-state index in [1.807, 2.05) is 6.07 Å². The molecule has 1 aromatic carbocycles. The monoisotopic (exact) mass is 301 g/mol. The fraction of sp³-hybridized carbons (Fsp3) is 0.538. The van der Waals surface area contributed by atoms with Crippen molar-refractivity contribution in [1.29, 1.82) is 0 Å². The second-order valence-corrected chi connectivity index (χ2v) is 5.52. The van der Waals surface area contributed by atoms with Gasteiger partial charge in [-0.3, -0.25) is 0 Å². The van der Waals surface area contributed by atoms with Gasteiger partial charge < -0.3 is 10.5 Å². The number of nitrogens with two attached hydrogens (primary N) is 1. The first-order chi connectivity index (χ1) is 8.13. The highest BCUT2D eigenvalue weighted by molar-refractivity contribution is 9.10. The molecule has 2 N–H and O–H groups in total. The van der Waals surface area contributed by atoms with Crippen LogP contribution in [-0.4, -0.2) is 13.7 Å². The normalized spacial score (nSPS) is 18.4. The largest absolute Gasteiger partial charge is 0.492 e. The van der Waals surface area contributed by atoms with E-state index in [4.69, 9.17) is 10.5 Å². The minimum absolute atomic E-state index is 0.0460. The van der Waals surface area contributed by atoms with E-state index in [1.165, 1.54) is 20.0 Å². The van der Waals surface area contributed by atoms with E-state index < -0.39 is 0 Å². The Labute approximate surface area is 109 Å². The molecular weight excluding hydrogens is 285 g/mol. The first kappa shape index (κ1) is 12.8. The summed E-state index contributed by atoms with van der Waals surface area (Å²) in [7, 11) is 1.47. The summed E-state index contributed by atoms with van der Waals surface area (Å²) in [4.78, 5) is 0. The van der Waals surface area contributed by atoms with Gasteiger partial charge in [-0.2, -0.15) is 0 Å². The third-order valence-corrected chi connectivity index (χ3v) is 4.36. The topological polar surface area (TPSA) is 35.2 Å². The van der Waals surface area contributed by atoms with Gasteiger partial charge in [-0.25, -0.2) is 4.39 Å². The van der Waals surface area contributed by atoms with Gasteiger partial charge >= 0.3 is 0 Å². The molecule has 1 fully saturated rings. The third kappa shape index (κ3) is 2.20.